The molecule has 0 saturated carbocycles. The van der Waals surface area contributed by atoms with Crippen LogP contribution < -0.4 is 15.4 Å². The van der Waals surface area contributed by atoms with Crippen molar-refractivity contribution < 1.29 is 9.53 Å². The summed E-state index contributed by atoms with van der Waals surface area (Å²) in [6.45, 7) is 5.96. The maximum Gasteiger partial charge on any atom is 0.223 e. The lowest BCUT2D eigenvalue weighted by molar-refractivity contribution is -0.126. The minimum Gasteiger partial charge on any atom is -0.497 e. The summed E-state index contributed by atoms with van der Waals surface area (Å²) in [5, 5.41) is 6.65. The lowest BCUT2D eigenvalue weighted by Crippen LogP contribution is -2.44. The maximum absolute atomic E-state index is 12.6. The zero-order valence-corrected chi connectivity index (χ0v) is 16.7. The minimum absolute atomic E-state index is 0. The van der Waals surface area contributed by atoms with Gasteiger partial charge in [-0.3, -0.25) is 9.69 Å². The maximum atomic E-state index is 12.6. The number of hydrogen-bond donors (Lipinski definition) is 2. The monoisotopic (exact) mass is 381 g/mol. The number of piperidine rings is 1. The predicted molar refractivity (Wildman–Crippen MR) is 107 cm³/mol. The summed E-state index contributed by atoms with van der Waals surface area (Å²) >= 11 is 0. The number of hydrogen-bond acceptors (Lipinski definition) is 4. The van der Waals surface area contributed by atoms with E-state index in [-0.39, 0.29) is 30.3 Å². The molecule has 26 heavy (non-hydrogen) atoms. The molecule has 2 saturated heterocycles. The van der Waals surface area contributed by atoms with Crippen molar-refractivity contribution in [2.75, 3.05) is 33.3 Å². The van der Waals surface area contributed by atoms with Crippen molar-refractivity contribution in [2.45, 2.75) is 44.7 Å². The highest BCUT2D eigenvalue weighted by atomic mass is 35.5. The molecule has 3 atom stereocenters. The Balaban J connectivity index is 0.00000243. The molecule has 5 nitrogen and oxygen atoms in total. The van der Waals surface area contributed by atoms with Gasteiger partial charge in [-0.2, -0.15) is 0 Å². The summed E-state index contributed by atoms with van der Waals surface area (Å²) in [6, 6.07) is 8.90. The number of amides is 1. The Bertz CT molecular complexity index is 578. The van der Waals surface area contributed by atoms with Gasteiger partial charge in [-0.25, -0.2) is 0 Å². The van der Waals surface area contributed by atoms with Gasteiger partial charge in [0.05, 0.1) is 13.2 Å². The van der Waals surface area contributed by atoms with Crippen LogP contribution in [0.5, 0.6) is 5.75 Å². The second-order valence-electron chi connectivity index (χ2n) is 7.36. The molecule has 1 aromatic carbocycles. The van der Waals surface area contributed by atoms with E-state index >= 15 is 0 Å². The molecule has 0 radical (unpaired) electrons. The van der Waals surface area contributed by atoms with E-state index in [1.54, 1.807) is 7.11 Å². The fourth-order valence-corrected chi connectivity index (χ4v) is 4.07. The molecule has 2 aliphatic heterocycles. The van der Waals surface area contributed by atoms with Gasteiger partial charge in [-0.15, -0.1) is 12.4 Å². The van der Waals surface area contributed by atoms with E-state index in [2.05, 4.69) is 34.6 Å². The fraction of sp³-hybridized carbons (Fsp3) is 0.650. The largest absolute Gasteiger partial charge is 0.497 e. The Morgan fingerprint density at radius 3 is 2.85 bits per heavy atom. The van der Waals surface area contributed by atoms with E-state index in [9.17, 15) is 4.79 Å². The van der Waals surface area contributed by atoms with Gasteiger partial charge in [-0.1, -0.05) is 12.1 Å². The summed E-state index contributed by atoms with van der Waals surface area (Å²) < 4.78 is 5.39. The van der Waals surface area contributed by atoms with Crippen molar-refractivity contribution in [1.29, 1.82) is 0 Å². The van der Waals surface area contributed by atoms with E-state index in [4.69, 9.17) is 4.74 Å². The Morgan fingerprint density at radius 2 is 2.15 bits per heavy atom. The van der Waals surface area contributed by atoms with E-state index in [1.165, 1.54) is 18.4 Å². The molecule has 3 rings (SSSR count). The standard InChI is InChI=1S/C20H31N3O2.ClH/c1-15-12-17(8-9-21-15)20(24)22-14-19(23-10-3-4-11-23)16-6-5-7-18(13-16)25-2;/h5-7,13,15,17,19,21H,3-4,8-12,14H2,1-2H3,(H,22,24);1H/t15-,17-,19?;/m0./s1. The van der Waals surface area contributed by atoms with Crippen molar-refractivity contribution >= 4 is 18.3 Å². The van der Waals surface area contributed by atoms with Gasteiger partial charge >= 0.3 is 0 Å². The van der Waals surface area contributed by atoms with Gasteiger partial charge in [0.15, 0.2) is 0 Å². The van der Waals surface area contributed by atoms with E-state index in [0.29, 0.717) is 12.6 Å². The molecule has 1 unspecified atom stereocenters. The van der Waals surface area contributed by atoms with Crippen molar-refractivity contribution in [2.24, 2.45) is 5.92 Å². The fourth-order valence-electron chi connectivity index (χ4n) is 4.07. The number of nitrogens with one attached hydrogen (secondary N) is 2. The third-order valence-corrected chi connectivity index (χ3v) is 5.52. The molecule has 2 fully saturated rings. The first-order chi connectivity index (χ1) is 12.2. The number of benzene rings is 1. The van der Waals surface area contributed by atoms with Gasteiger partial charge in [0.2, 0.25) is 5.91 Å². The molecular formula is C20H32ClN3O2. The molecule has 1 aromatic rings. The Kier molecular flexibility index (Phi) is 8.19. The average Bonchev–Trinajstić information content (AvgIpc) is 3.16. The van der Waals surface area contributed by atoms with Crippen LogP contribution in [-0.2, 0) is 4.79 Å². The number of carbonyl (C=O) groups is 1. The highest BCUT2D eigenvalue weighted by Gasteiger charge is 2.28. The van der Waals surface area contributed by atoms with Gasteiger partial charge < -0.3 is 15.4 Å². The Labute approximate surface area is 163 Å². The number of likely N-dealkylation sites (tertiary alicyclic amines) is 1. The van der Waals surface area contributed by atoms with Gasteiger partial charge in [0.1, 0.15) is 5.75 Å². The van der Waals surface area contributed by atoms with Crippen molar-refractivity contribution in [1.82, 2.24) is 15.5 Å². The van der Waals surface area contributed by atoms with Crippen molar-refractivity contribution in [3.05, 3.63) is 29.8 Å². The molecule has 1 amide bonds. The summed E-state index contributed by atoms with van der Waals surface area (Å²) in [7, 11) is 1.70. The zero-order chi connectivity index (χ0) is 17.6. The number of carbonyl (C=O) groups excluding carboxylic acids is 1. The van der Waals surface area contributed by atoms with Crippen molar-refractivity contribution in [3.8, 4) is 5.75 Å². The third-order valence-electron chi connectivity index (χ3n) is 5.52. The van der Waals surface area contributed by atoms with Crippen LogP contribution in [0.3, 0.4) is 0 Å². The van der Waals surface area contributed by atoms with E-state index in [0.717, 1.165) is 38.2 Å². The molecule has 0 aromatic heterocycles. The quantitative estimate of drug-likeness (QED) is 0.795. The topological polar surface area (TPSA) is 53.6 Å². The average molecular weight is 382 g/mol. The van der Waals surface area contributed by atoms with E-state index < -0.39 is 0 Å². The molecule has 0 bridgehead atoms. The number of rotatable bonds is 6. The second kappa shape index (κ2) is 10.1. The number of ether oxygens (including phenoxy) is 1. The Morgan fingerprint density at radius 1 is 1.38 bits per heavy atom. The summed E-state index contributed by atoms with van der Waals surface area (Å²) in [5.41, 5.74) is 1.22. The first kappa shape index (κ1) is 21.0. The van der Waals surface area contributed by atoms with E-state index in [1.807, 2.05) is 12.1 Å². The summed E-state index contributed by atoms with van der Waals surface area (Å²) in [6.07, 6.45) is 4.34. The molecule has 146 valence electrons. The molecule has 0 spiro atoms. The highest BCUT2D eigenvalue weighted by Crippen LogP contribution is 2.27. The van der Waals surface area contributed by atoms with Gasteiger partial charge in [-0.05, 0) is 69.9 Å². The molecule has 0 aliphatic carbocycles. The Hall–Kier alpha value is -1.30. The molecule has 2 heterocycles. The molecule has 2 N–H and O–H groups in total. The lowest BCUT2D eigenvalue weighted by atomic mass is 9.92. The number of halogens is 1. The SMILES string of the molecule is COc1cccc(C(CNC(=O)[C@H]2CCN[C@@H](C)C2)N2CCCC2)c1.Cl. The lowest BCUT2D eigenvalue weighted by Gasteiger charge is -2.31. The van der Waals surface area contributed by atoms with Crippen LogP contribution in [0.15, 0.2) is 24.3 Å². The normalized spacial score (nSPS) is 24.5. The summed E-state index contributed by atoms with van der Waals surface area (Å²) in [5.74, 6) is 1.22. The predicted octanol–water partition coefficient (Wildman–Crippen LogP) is 2.76. The summed E-state index contributed by atoms with van der Waals surface area (Å²) in [4.78, 5) is 15.1. The van der Waals surface area contributed by atoms with Crippen LogP contribution in [0.2, 0.25) is 0 Å². The molecule has 6 heteroatoms. The van der Waals surface area contributed by atoms with Crippen LogP contribution in [0.1, 0.15) is 44.2 Å². The van der Waals surface area contributed by atoms with Crippen LogP contribution in [0.4, 0.5) is 0 Å². The van der Waals surface area contributed by atoms with Crippen LogP contribution in [-0.4, -0.2) is 50.1 Å². The van der Waals surface area contributed by atoms with Gasteiger partial charge in [0, 0.05) is 18.5 Å². The van der Waals surface area contributed by atoms with Gasteiger partial charge in [0.25, 0.3) is 0 Å². The molecule has 2 aliphatic rings. The highest BCUT2D eigenvalue weighted by molar-refractivity contribution is 5.85. The van der Waals surface area contributed by atoms with Crippen molar-refractivity contribution in [3.63, 3.8) is 0 Å². The third kappa shape index (κ3) is 5.35. The smallest absolute Gasteiger partial charge is 0.223 e. The minimum atomic E-state index is 0. The first-order valence-electron chi connectivity index (χ1n) is 9.56. The number of nitrogens with zero attached hydrogens (tertiary/aromatic N) is 1. The van der Waals surface area contributed by atoms with Crippen LogP contribution in [0.25, 0.3) is 0 Å². The zero-order valence-electron chi connectivity index (χ0n) is 15.9. The number of methoxy groups -OCH3 is 1. The van der Waals surface area contributed by atoms with Crippen LogP contribution >= 0.6 is 12.4 Å². The van der Waals surface area contributed by atoms with Crippen LogP contribution in [0, 0.1) is 5.92 Å². The second-order valence-corrected chi connectivity index (χ2v) is 7.36. The first-order valence-corrected chi connectivity index (χ1v) is 9.56. The molecular weight excluding hydrogens is 350 g/mol.